The van der Waals surface area contributed by atoms with Gasteiger partial charge in [0.2, 0.25) is 5.75 Å². The van der Waals surface area contributed by atoms with E-state index in [-0.39, 0.29) is 22.4 Å². The zero-order chi connectivity index (χ0) is 12.8. The maximum Gasteiger partial charge on any atom is 0.312 e. The third-order valence-corrected chi connectivity index (χ3v) is 3.26. The Labute approximate surface area is 110 Å². The third kappa shape index (κ3) is 3.78. The standard InChI is InChI=1S/C11H14ClNO3S/c1-2-8(7-17)6-16-11-9(12)4-3-5-10(11)13(14)15/h3-5,8,17H,2,6-7H2,1H3. The van der Waals surface area contributed by atoms with Crippen molar-refractivity contribution in [2.45, 2.75) is 13.3 Å². The van der Waals surface area contributed by atoms with E-state index >= 15 is 0 Å². The quantitative estimate of drug-likeness (QED) is 0.490. The van der Waals surface area contributed by atoms with E-state index in [9.17, 15) is 10.1 Å². The average molecular weight is 276 g/mol. The van der Waals surface area contributed by atoms with Gasteiger partial charge in [-0.15, -0.1) is 0 Å². The van der Waals surface area contributed by atoms with E-state index < -0.39 is 4.92 Å². The number of hydrogen-bond donors (Lipinski definition) is 1. The van der Waals surface area contributed by atoms with Crippen LogP contribution in [-0.4, -0.2) is 17.3 Å². The van der Waals surface area contributed by atoms with Crippen molar-refractivity contribution in [3.8, 4) is 5.75 Å². The Morgan fingerprint density at radius 3 is 2.82 bits per heavy atom. The highest BCUT2D eigenvalue weighted by Crippen LogP contribution is 2.34. The number of nitro groups is 1. The highest BCUT2D eigenvalue weighted by Gasteiger charge is 2.19. The molecule has 0 aliphatic heterocycles. The molecule has 0 radical (unpaired) electrons. The van der Waals surface area contributed by atoms with Gasteiger partial charge in [0.15, 0.2) is 0 Å². The molecule has 0 saturated carbocycles. The molecule has 0 aliphatic rings. The second kappa shape index (κ2) is 6.71. The van der Waals surface area contributed by atoms with Crippen LogP contribution in [0.1, 0.15) is 13.3 Å². The maximum absolute atomic E-state index is 10.8. The smallest absolute Gasteiger partial charge is 0.312 e. The topological polar surface area (TPSA) is 52.4 Å². The minimum absolute atomic E-state index is 0.105. The predicted octanol–water partition coefficient (Wildman–Crippen LogP) is 3.58. The van der Waals surface area contributed by atoms with Crippen LogP contribution in [0.15, 0.2) is 18.2 Å². The molecule has 6 heteroatoms. The fourth-order valence-electron chi connectivity index (χ4n) is 1.28. The number of rotatable bonds is 6. The van der Waals surface area contributed by atoms with Gasteiger partial charge in [-0.25, -0.2) is 0 Å². The van der Waals surface area contributed by atoms with Crippen molar-refractivity contribution in [3.05, 3.63) is 33.3 Å². The Balaban J connectivity index is 2.85. The largest absolute Gasteiger partial charge is 0.485 e. The first-order valence-corrected chi connectivity index (χ1v) is 6.27. The molecule has 17 heavy (non-hydrogen) atoms. The zero-order valence-electron chi connectivity index (χ0n) is 9.43. The average Bonchev–Trinajstić information content (AvgIpc) is 2.31. The van der Waals surface area contributed by atoms with E-state index in [1.807, 2.05) is 6.92 Å². The number of ether oxygens (including phenoxy) is 1. The molecule has 0 heterocycles. The number of para-hydroxylation sites is 1. The summed E-state index contributed by atoms with van der Waals surface area (Å²) >= 11 is 10.1. The molecular weight excluding hydrogens is 262 g/mol. The molecule has 4 nitrogen and oxygen atoms in total. The summed E-state index contributed by atoms with van der Waals surface area (Å²) in [5.41, 5.74) is -0.105. The van der Waals surface area contributed by atoms with Crippen molar-refractivity contribution >= 4 is 29.9 Å². The zero-order valence-corrected chi connectivity index (χ0v) is 11.1. The maximum atomic E-state index is 10.8. The lowest BCUT2D eigenvalue weighted by Gasteiger charge is -2.14. The molecule has 0 amide bonds. The van der Waals surface area contributed by atoms with Crippen LogP contribution in [0.3, 0.4) is 0 Å². The molecule has 0 spiro atoms. The molecule has 0 N–H and O–H groups in total. The fraction of sp³-hybridized carbons (Fsp3) is 0.455. The SMILES string of the molecule is CCC(CS)COc1c(Cl)cccc1[N+](=O)[O-]. The first kappa shape index (κ1) is 14.1. The van der Waals surface area contributed by atoms with Gasteiger partial charge in [0.05, 0.1) is 16.6 Å². The Morgan fingerprint density at radius 2 is 2.29 bits per heavy atom. The van der Waals surface area contributed by atoms with Crippen molar-refractivity contribution in [2.24, 2.45) is 5.92 Å². The van der Waals surface area contributed by atoms with E-state index in [4.69, 9.17) is 16.3 Å². The molecule has 0 aliphatic carbocycles. The van der Waals surface area contributed by atoms with E-state index in [2.05, 4.69) is 12.6 Å². The first-order chi connectivity index (χ1) is 8.10. The van der Waals surface area contributed by atoms with Gasteiger partial charge >= 0.3 is 5.69 Å². The Bertz CT molecular complexity index is 396. The van der Waals surface area contributed by atoms with Gasteiger partial charge < -0.3 is 4.74 Å². The summed E-state index contributed by atoms with van der Waals surface area (Å²) in [6.45, 7) is 2.40. The predicted molar refractivity (Wildman–Crippen MR) is 71.2 cm³/mol. The van der Waals surface area contributed by atoms with Crippen LogP contribution in [0, 0.1) is 16.0 Å². The summed E-state index contributed by atoms with van der Waals surface area (Å²) in [4.78, 5) is 10.3. The molecule has 0 saturated heterocycles. The number of thiol groups is 1. The highest BCUT2D eigenvalue weighted by atomic mass is 35.5. The lowest BCUT2D eigenvalue weighted by Crippen LogP contribution is -2.13. The summed E-state index contributed by atoms with van der Waals surface area (Å²) in [7, 11) is 0. The Kier molecular flexibility index (Phi) is 5.58. The van der Waals surface area contributed by atoms with Crippen LogP contribution in [0.4, 0.5) is 5.69 Å². The van der Waals surface area contributed by atoms with E-state index in [1.54, 1.807) is 6.07 Å². The molecule has 94 valence electrons. The summed E-state index contributed by atoms with van der Waals surface area (Å²) in [5, 5.41) is 11.1. The summed E-state index contributed by atoms with van der Waals surface area (Å²) < 4.78 is 5.45. The second-order valence-corrected chi connectivity index (χ2v) is 4.39. The minimum Gasteiger partial charge on any atom is -0.485 e. The van der Waals surface area contributed by atoms with E-state index in [0.717, 1.165) is 6.42 Å². The minimum atomic E-state index is -0.497. The van der Waals surface area contributed by atoms with Gasteiger partial charge in [-0.1, -0.05) is 24.6 Å². The fourth-order valence-corrected chi connectivity index (χ4v) is 1.87. The van der Waals surface area contributed by atoms with Gasteiger partial charge in [-0.3, -0.25) is 10.1 Å². The molecule has 0 bridgehead atoms. The van der Waals surface area contributed by atoms with Gasteiger partial charge in [-0.05, 0) is 18.2 Å². The van der Waals surface area contributed by atoms with Crippen LogP contribution in [0.25, 0.3) is 0 Å². The summed E-state index contributed by atoms with van der Waals surface area (Å²) in [5.74, 6) is 1.07. The number of nitro benzene ring substituents is 1. The van der Waals surface area contributed by atoms with Crippen molar-refractivity contribution in [1.29, 1.82) is 0 Å². The second-order valence-electron chi connectivity index (χ2n) is 3.61. The van der Waals surface area contributed by atoms with Crippen LogP contribution in [-0.2, 0) is 0 Å². The van der Waals surface area contributed by atoms with Gasteiger partial charge in [0.1, 0.15) is 0 Å². The lowest BCUT2D eigenvalue weighted by atomic mass is 10.1. The van der Waals surface area contributed by atoms with Crippen molar-refractivity contribution in [2.75, 3.05) is 12.4 Å². The van der Waals surface area contributed by atoms with Gasteiger partial charge in [0, 0.05) is 12.0 Å². The van der Waals surface area contributed by atoms with Crippen LogP contribution < -0.4 is 4.74 Å². The van der Waals surface area contributed by atoms with Gasteiger partial charge in [0.25, 0.3) is 0 Å². The van der Waals surface area contributed by atoms with E-state index in [1.165, 1.54) is 12.1 Å². The van der Waals surface area contributed by atoms with E-state index in [0.29, 0.717) is 12.4 Å². The Morgan fingerprint density at radius 1 is 1.59 bits per heavy atom. The molecule has 1 aromatic rings. The van der Waals surface area contributed by atoms with Gasteiger partial charge in [-0.2, -0.15) is 12.6 Å². The molecule has 0 fully saturated rings. The molecule has 1 atom stereocenters. The first-order valence-electron chi connectivity index (χ1n) is 5.26. The molecule has 0 aromatic heterocycles. The highest BCUT2D eigenvalue weighted by molar-refractivity contribution is 7.80. The van der Waals surface area contributed by atoms with Crippen molar-refractivity contribution in [3.63, 3.8) is 0 Å². The summed E-state index contributed by atoms with van der Waals surface area (Å²) in [6, 6.07) is 4.48. The number of hydrogen-bond acceptors (Lipinski definition) is 4. The Hall–Kier alpha value is -0.940. The van der Waals surface area contributed by atoms with Crippen molar-refractivity contribution in [1.82, 2.24) is 0 Å². The molecular formula is C11H14ClNO3S. The van der Waals surface area contributed by atoms with Crippen LogP contribution in [0.2, 0.25) is 5.02 Å². The molecule has 1 aromatic carbocycles. The van der Waals surface area contributed by atoms with Crippen molar-refractivity contribution < 1.29 is 9.66 Å². The lowest BCUT2D eigenvalue weighted by molar-refractivity contribution is -0.385. The molecule has 1 rings (SSSR count). The molecule has 1 unspecified atom stereocenters. The normalized spacial score (nSPS) is 12.2. The number of nitrogens with zero attached hydrogens (tertiary/aromatic N) is 1. The monoisotopic (exact) mass is 275 g/mol. The van der Waals surface area contributed by atoms with Crippen LogP contribution in [0.5, 0.6) is 5.75 Å². The third-order valence-electron chi connectivity index (χ3n) is 2.44. The number of halogens is 1. The summed E-state index contributed by atoms with van der Waals surface area (Å²) in [6.07, 6.45) is 0.905. The number of benzene rings is 1. The van der Waals surface area contributed by atoms with Crippen LogP contribution >= 0.6 is 24.2 Å².